The Morgan fingerprint density at radius 2 is 2.14 bits per heavy atom. The Kier molecular flexibility index (Phi) is 11.0. The van der Waals surface area contributed by atoms with Crippen LogP contribution in [0.2, 0.25) is 0 Å². The lowest BCUT2D eigenvalue weighted by molar-refractivity contribution is -0.123. The van der Waals surface area contributed by atoms with E-state index >= 15 is 0 Å². The minimum atomic E-state index is -0.149. The summed E-state index contributed by atoms with van der Waals surface area (Å²) in [4.78, 5) is 11.6. The SMILES string of the molecule is C=CCc1ccc(OCC(=O)NCCCCN)c(OC)c1.Cl. The van der Waals surface area contributed by atoms with Gasteiger partial charge in [-0.05, 0) is 43.5 Å². The number of allylic oxidation sites excluding steroid dienone is 1. The number of nitrogens with two attached hydrogens (primary N) is 1. The Hall–Kier alpha value is -1.72. The summed E-state index contributed by atoms with van der Waals surface area (Å²) in [6.45, 7) is 4.93. The van der Waals surface area contributed by atoms with E-state index in [1.165, 1.54) is 0 Å². The van der Waals surface area contributed by atoms with E-state index in [0.717, 1.165) is 24.8 Å². The number of hydrogen-bond donors (Lipinski definition) is 2. The molecule has 0 saturated heterocycles. The van der Waals surface area contributed by atoms with Crippen LogP contribution < -0.4 is 20.5 Å². The van der Waals surface area contributed by atoms with Crippen molar-refractivity contribution in [2.45, 2.75) is 19.3 Å². The van der Waals surface area contributed by atoms with Crippen LogP contribution in [-0.2, 0) is 11.2 Å². The summed E-state index contributed by atoms with van der Waals surface area (Å²) < 4.78 is 10.8. The smallest absolute Gasteiger partial charge is 0.257 e. The van der Waals surface area contributed by atoms with E-state index in [9.17, 15) is 4.79 Å². The summed E-state index contributed by atoms with van der Waals surface area (Å²) >= 11 is 0. The van der Waals surface area contributed by atoms with E-state index in [0.29, 0.717) is 24.6 Å². The Morgan fingerprint density at radius 1 is 1.36 bits per heavy atom. The molecule has 0 aliphatic carbocycles. The van der Waals surface area contributed by atoms with E-state index in [1.54, 1.807) is 13.2 Å². The van der Waals surface area contributed by atoms with Gasteiger partial charge in [-0.3, -0.25) is 4.79 Å². The number of methoxy groups -OCH3 is 1. The van der Waals surface area contributed by atoms with Gasteiger partial charge in [0.25, 0.3) is 5.91 Å². The van der Waals surface area contributed by atoms with Crippen LogP contribution >= 0.6 is 12.4 Å². The highest BCUT2D eigenvalue weighted by Crippen LogP contribution is 2.28. The normalized spacial score (nSPS) is 9.55. The van der Waals surface area contributed by atoms with E-state index in [4.69, 9.17) is 15.2 Å². The van der Waals surface area contributed by atoms with E-state index in [-0.39, 0.29) is 24.9 Å². The minimum Gasteiger partial charge on any atom is -0.493 e. The fourth-order valence-electron chi connectivity index (χ4n) is 1.82. The van der Waals surface area contributed by atoms with Gasteiger partial charge >= 0.3 is 0 Å². The molecule has 0 aliphatic rings. The molecule has 1 rings (SSSR count). The number of amides is 1. The number of carbonyl (C=O) groups is 1. The zero-order valence-corrected chi connectivity index (χ0v) is 13.8. The number of rotatable bonds is 10. The monoisotopic (exact) mass is 328 g/mol. The number of halogens is 1. The van der Waals surface area contributed by atoms with Gasteiger partial charge in [-0.2, -0.15) is 0 Å². The molecule has 0 spiro atoms. The minimum absolute atomic E-state index is 0. The lowest BCUT2D eigenvalue weighted by Gasteiger charge is -2.12. The fraction of sp³-hybridized carbons (Fsp3) is 0.438. The molecule has 1 amide bonds. The maximum absolute atomic E-state index is 11.6. The second-order valence-corrected chi connectivity index (χ2v) is 4.61. The predicted octanol–water partition coefficient (Wildman–Crippen LogP) is 2.08. The first-order valence-corrected chi connectivity index (χ1v) is 7.08. The molecule has 1 aromatic carbocycles. The van der Waals surface area contributed by atoms with Crippen molar-refractivity contribution in [2.24, 2.45) is 5.73 Å². The van der Waals surface area contributed by atoms with Gasteiger partial charge in [0.15, 0.2) is 18.1 Å². The van der Waals surface area contributed by atoms with Crippen LogP contribution in [0.1, 0.15) is 18.4 Å². The maximum atomic E-state index is 11.6. The molecular weight excluding hydrogens is 304 g/mol. The molecule has 0 bridgehead atoms. The van der Waals surface area contributed by atoms with Crippen molar-refractivity contribution in [2.75, 3.05) is 26.8 Å². The van der Waals surface area contributed by atoms with Crippen LogP contribution in [0.3, 0.4) is 0 Å². The number of benzene rings is 1. The molecule has 3 N–H and O–H groups in total. The van der Waals surface area contributed by atoms with Crippen molar-refractivity contribution >= 4 is 18.3 Å². The third-order valence-electron chi connectivity index (χ3n) is 2.92. The number of hydrogen-bond acceptors (Lipinski definition) is 4. The molecule has 124 valence electrons. The van der Waals surface area contributed by atoms with Crippen molar-refractivity contribution in [1.82, 2.24) is 5.32 Å². The number of unbranched alkanes of at least 4 members (excludes halogenated alkanes) is 1. The summed E-state index contributed by atoms with van der Waals surface area (Å²) in [7, 11) is 1.58. The van der Waals surface area contributed by atoms with Crippen LogP contribution in [0.25, 0.3) is 0 Å². The summed E-state index contributed by atoms with van der Waals surface area (Å²) in [5, 5.41) is 2.78. The van der Waals surface area contributed by atoms with Crippen molar-refractivity contribution < 1.29 is 14.3 Å². The summed E-state index contributed by atoms with van der Waals surface area (Å²) in [5.74, 6) is 1.02. The zero-order chi connectivity index (χ0) is 15.5. The molecule has 0 fully saturated rings. The molecule has 22 heavy (non-hydrogen) atoms. The fourth-order valence-corrected chi connectivity index (χ4v) is 1.82. The first-order chi connectivity index (χ1) is 10.2. The second kappa shape index (κ2) is 11.9. The third-order valence-corrected chi connectivity index (χ3v) is 2.92. The summed E-state index contributed by atoms with van der Waals surface area (Å²) in [6.07, 6.45) is 4.36. The molecule has 0 radical (unpaired) electrons. The first kappa shape index (κ1) is 20.3. The van der Waals surface area contributed by atoms with Crippen molar-refractivity contribution in [3.05, 3.63) is 36.4 Å². The topological polar surface area (TPSA) is 73.6 Å². The van der Waals surface area contributed by atoms with Crippen molar-refractivity contribution in [1.29, 1.82) is 0 Å². The molecule has 0 aromatic heterocycles. The van der Waals surface area contributed by atoms with Crippen LogP contribution in [0.4, 0.5) is 0 Å². The van der Waals surface area contributed by atoms with E-state index in [2.05, 4.69) is 11.9 Å². The predicted molar refractivity (Wildman–Crippen MR) is 90.9 cm³/mol. The average molecular weight is 329 g/mol. The first-order valence-electron chi connectivity index (χ1n) is 7.08. The molecule has 1 aromatic rings. The molecule has 0 atom stereocenters. The van der Waals surface area contributed by atoms with Gasteiger partial charge in [0.2, 0.25) is 0 Å². The number of carbonyl (C=O) groups excluding carboxylic acids is 1. The Labute approximate surface area is 138 Å². The van der Waals surface area contributed by atoms with E-state index < -0.39 is 0 Å². The number of nitrogens with one attached hydrogen (secondary N) is 1. The molecule has 0 unspecified atom stereocenters. The lowest BCUT2D eigenvalue weighted by atomic mass is 10.1. The van der Waals surface area contributed by atoms with Gasteiger partial charge in [-0.1, -0.05) is 12.1 Å². The molecule has 6 heteroatoms. The van der Waals surface area contributed by atoms with E-state index in [1.807, 2.05) is 18.2 Å². The number of ether oxygens (including phenoxy) is 2. The summed E-state index contributed by atoms with van der Waals surface area (Å²) in [6, 6.07) is 5.62. The van der Waals surface area contributed by atoms with Crippen LogP contribution in [0.5, 0.6) is 11.5 Å². The second-order valence-electron chi connectivity index (χ2n) is 4.61. The molecule has 0 saturated carbocycles. The van der Waals surface area contributed by atoms with Crippen LogP contribution in [0, 0.1) is 0 Å². The van der Waals surface area contributed by atoms with Gasteiger partial charge in [0.05, 0.1) is 7.11 Å². The van der Waals surface area contributed by atoms with Gasteiger partial charge in [0, 0.05) is 6.54 Å². The largest absolute Gasteiger partial charge is 0.493 e. The average Bonchev–Trinajstić information content (AvgIpc) is 2.50. The Balaban J connectivity index is 0.00000441. The zero-order valence-electron chi connectivity index (χ0n) is 13.0. The third kappa shape index (κ3) is 7.33. The lowest BCUT2D eigenvalue weighted by Crippen LogP contribution is -2.30. The molecule has 0 heterocycles. The molecular formula is C16H25ClN2O3. The van der Waals surface area contributed by atoms with Crippen molar-refractivity contribution in [3.63, 3.8) is 0 Å². The standard InChI is InChI=1S/C16H24N2O3.ClH/c1-3-6-13-7-8-14(15(11-13)20-2)21-12-16(19)18-10-5-4-9-17;/h3,7-8,11H,1,4-6,9-10,12,17H2,2H3,(H,18,19);1H. The quantitative estimate of drug-likeness (QED) is 0.509. The Morgan fingerprint density at radius 3 is 2.77 bits per heavy atom. The molecule has 0 aliphatic heterocycles. The van der Waals surface area contributed by atoms with Crippen molar-refractivity contribution in [3.8, 4) is 11.5 Å². The van der Waals surface area contributed by atoms with Gasteiger partial charge in [0.1, 0.15) is 0 Å². The van der Waals surface area contributed by atoms with Crippen LogP contribution in [-0.4, -0.2) is 32.7 Å². The van der Waals surface area contributed by atoms with Gasteiger partial charge in [-0.15, -0.1) is 19.0 Å². The Bertz CT molecular complexity index is 467. The van der Waals surface area contributed by atoms with Crippen LogP contribution in [0.15, 0.2) is 30.9 Å². The van der Waals surface area contributed by atoms with Gasteiger partial charge < -0.3 is 20.5 Å². The maximum Gasteiger partial charge on any atom is 0.257 e. The molecule has 5 nitrogen and oxygen atoms in total. The summed E-state index contributed by atoms with van der Waals surface area (Å²) in [5.41, 5.74) is 6.47. The van der Waals surface area contributed by atoms with Gasteiger partial charge in [-0.25, -0.2) is 0 Å². The highest BCUT2D eigenvalue weighted by molar-refractivity contribution is 5.85. The highest BCUT2D eigenvalue weighted by atomic mass is 35.5. The highest BCUT2D eigenvalue weighted by Gasteiger charge is 2.08.